The largest absolute Gasteiger partial charge is 0.385 e. The highest BCUT2D eigenvalue weighted by Crippen LogP contribution is 2.08. The molecule has 0 aromatic heterocycles. The van der Waals surface area contributed by atoms with E-state index in [9.17, 15) is 0 Å². The molecule has 1 unspecified atom stereocenters. The zero-order valence-corrected chi connectivity index (χ0v) is 8.12. The summed E-state index contributed by atoms with van der Waals surface area (Å²) in [4.78, 5) is 0. The summed E-state index contributed by atoms with van der Waals surface area (Å²) >= 11 is 7.26. The standard InChI is InChI=1S/C7H12ClNOS/c1-10-3-2-4-11-6-7(8)5-9/h7H,2-4,6H2,1H3. The van der Waals surface area contributed by atoms with Gasteiger partial charge >= 0.3 is 0 Å². The second kappa shape index (κ2) is 8.19. The number of thioether (sulfide) groups is 1. The van der Waals surface area contributed by atoms with Crippen molar-refractivity contribution in [1.29, 1.82) is 5.26 Å². The van der Waals surface area contributed by atoms with Gasteiger partial charge in [0.05, 0.1) is 6.07 Å². The fourth-order valence-electron chi connectivity index (χ4n) is 0.529. The summed E-state index contributed by atoms with van der Waals surface area (Å²) < 4.78 is 4.86. The van der Waals surface area contributed by atoms with Crippen molar-refractivity contribution in [2.45, 2.75) is 11.8 Å². The van der Waals surface area contributed by atoms with Crippen LogP contribution in [0, 0.1) is 11.3 Å². The minimum Gasteiger partial charge on any atom is -0.385 e. The molecule has 0 saturated heterocycles. The average Bonchev–Trinajstić information content (AvgIpc) is 2.04. The summed E-state index contributed by atoms with van der Waals surface area (Å²) in [6.07, 6.45) is 1.02. The quantitative estimate of drug-likeness (QED) is 0.477. The van der Waals surface area contributed by atoms with E-state index in [-0.39, 0.29) is 5.38 Å². The molecule has 0 spiro atoms. The lowest BCUT2D eigenvalue weighted by atomic mass is 10.5. The van der Waals surface area contributed by atoms with Gasteiger partial charge in [-0.15, -0.1) is 11.6 Å². The molecular weight excluding hydrogens is 182 g/mol. The highest BCUT2D eigenvalue weighted by atomic mass is 35.5. The van der Waals surface area contributed by atoms with Crippen LogP contribution < -0.4 is 0 Å². The van der Waals surface area contributed by atoms with Crippen molar-refractivity contribution < 1.29 is 4.74 Å². The zero-order chi connectivity index (χ0) is 8.53. The molecule has 64 valence electrons. The van der Waals surface area contributed by atoms with Crippen LogP contribution in [0.1, 0.15) is 6.42 Å². The summed E-state index contributed by atoms with van der Waals surface area (Å²) in [5.41, 5.74) is 0. The van der Waals surface area contributed by atoms with Gasteiger partial charge in [0.15, 0.2) is 0 Å². The maximum absolute atomic E-state index is 8.32. The van der Waals surface area contributed by atoms with Crippen LogP contribution >= 0.6 is 23.4 Å². The van der Waals surface area contributed by atoms with Gasteiger partial charge in [-0.3, -0.25) is 0 Å². The third-order valence-electron chi connectivity index (χ3n) is 1.04. The van der Waals surface area contributed by atoms with Gasteiger partial charge in [0.1, 0.15) is 5.38 Å². The number of hydrogen-bond acceptors (Lipinski definition) is 3. The number of alkyl halides is 1. The second-order valence-corrected chi connectivity index (χ2v) is 3.69. The van der Waals surface area contributed by atoms with Crippen LogP contribution in [0.15, 0.2) is 0 Å². The van der Waals surface area contributed by atoms with Crippen LogP contribution in [0.5, 0.6) is 0 Å². The van der Waals surface area contributed by atoms with E-state index in [1.54, 1.807) is 18.9 Å². The number of nitriles is 1. The van der Waals surface area contributed by atoms with E-state index >= 15 is 0 Å². The Hall–Kier alpha value is 0.0900. The van der Waals surface area contributed by atoms with E-state index in [4.69, 9.17) is 21.6 Å². The smallest absolute Gasteiger partial charge is 0.129 e. The molecule has 1 atom stereocenters. The van der Waals surface area contributed by atoms with E-state index in [0.29, 0.717) is 5.75 Å². The number of rotatable bonds is 6. The maximum atomic E-state index is 8.32. The highest BCUT2D eigenvalue weighted by Gasteiger charge is 2.00. The van der Waals surface area contributed by atoms with Crippen LogP contribution in [-0.2, 0) is 4.74 Å². The van der Waals surface area contributed by atoms with Crippen LogP contribution in [0.3, 0.4) is 0 Å². The molecule has 0 rings (SSSR count). The lowest BCUT2D eigenvalue weighted by Gasteiger charge is -2.00. The van der Waals surface area contributed by atoms with E-state index < -0.39 is 0 Å². The Kier molecular flexibility index (Phi) is 8.26. The molecule has 0 aliphatic rings. The molecule has 0 aliphatic carbocycles. The van der Waals surface area contributed by atoms with Gasteiger partial charge in [0.2, 0.25) is 0 Å². The zero-order valence-electron chi connectivity index (χ0n) is 6.55. The molecule has 0 saturated carbocycles. The van der Waals surface area contributed by atoms with Gasteiger partial charge in [-0.2, -0.15) is 17.0 Å². The molecule has 0 fully saturated rings. The summed E-state index contributed by atoms with van der Waals surface area (Å²) in [7, 11) is 1.68. The van der Waals surface area contributed by atoms with Gasteiger partial charge in [0, 0.05) is 19.5 Å². The molecule has 0 aromatic rings. The van der Waals surface area contributed by atoms with Crippen LogP contribution in [0.25, 0.3) is 0 Å². The third-order valence-corrected chi connectivity index (χ3v) is 2.62. The van der Waals surface area contributed by atoms with Crippen molar-refractivity contribution in [3.63, 3.8) is 0 Å². The molecule has 0 amide bonds. The Morgan fingerprint density at radius 1 is 1.73 bits per heavy atom. The normalized spacial score (nSPS) is 12.5. The van der Waals surface area contributed by atoms with E-state index in [1.165, 1.54) is 0 Å². The van der Waals surface area contributed by atoms with Crippen molar-refractivity contribution in [3.05, 3.63) is 0 Å². The molecule has 0 bridgehead atoms. The van der Waals surface area contributed by atoms with Crippen molar-refractivity contribution in [1.82, 2.24) is 0 Å². The molecule has 2 nitrogen and oxygen atoms in total. The molecule has 0 heterocycles. The first-order valence-electron chi connectivity index (χ1n) is 3.41. The van der Waals surface area contributed by atoms with E-state index in [2.05, 4.69) is 0 Å². The summed E-state index contributed by atoms with van der Waals surface area (Å²) in [6.45, 7) is 0.784. The number of hydrogen-bond donors (Lipinski definition) is 0. The minimum atomic E-state index is -0.345. The second-order valence-electron chi connectivity index (χ2n) is 2.02. The fraction of sp³-hybridized carbons (Fsp3) is 0.857. The maximum Gasteiger partial charge on any atom is 0.129 e. The van der Waals surface area contributed by atoms with Crippen LogP contribution in [-0.4, -0.2) is 30.6 Å². The first-order chi connectivity index (χ1) is 5.31. The van der Waals surface area contributed by atoms with Crippen LogP contribution in [0.4, 0.5) is 0 Å². The number of ether oxygens (including phenoxy) is 1. The Morgan fingerprint density at radius 3 is 3.00 bits per heavy atom. The Bertz CT molecular complexity index is 126. The predicted octanol–water partition coefficient (Wildman–Crippen LogP) is 1.89. The summed E-state index contributed by atoms with van der Waals surface area (Å²) in [5.74, 6) is 1.72. The first-order valence-corrected chi connectivity index (χ1v) is 5.00. The third kappa shape index (κ3) is 7.99. The monoisotopic (exact) mass is 193 g/mol. The van der Waals surface area contributed by atoms with Gasteiger partial charge in [0.25, 0.3) is 0 Å². The first kappa shape index (κ1) is 11.1. The van der Waals surface area contributed by atoms with Gasteiger partial charge in [-0.25, -0.2) is 0 Å². The molecule has 11 heavy (non-hydrogen) atoms. The number of nitrogens with zero attached hydrogens (tertiary/aromatic N) is 1. The highest BCUT2D eigenvalue weighted by molar-refractivity contribution is 7.99. The van der Waals surface area contributed by atoms with Gasteiger partial charge < -0.3 is 4.74 Å². The van der Waals surface area contributed by atoms with Gasteiger partial charge in [-0.1, -0.05) is 0 Å². The Morgan fingerprint density at radius 2 is 2.45 bits per heavy atom. The molecule has 0 aromatic carbocycles. The van der Waals surface area contributed by atoms with Crippen molar-refractivity contribution in [2.75, 3.05) is 25.2 Å². The van der Waals surface area contributed by atoms with E-state index in [1.807, 2.05) is 6.07 Å². The van der Waals surface area contributed by atoms with Gasteiger partial charge in [-0.05, 0) is 12.2 Å². The van der Waals surface area contributed by atoms with Crippen molar-refractivity contribution >= 4 is 23.4 Å². The Balaban J connectivity index is 2.97. The molecular formula is C7H12ClNOS. The fourth-order valence-corrected chi connectivity index (χ4v) is 1.57. The lowest BCUT2D eigenvalue weighted by molar-refractivity contribution is 0.200. The predicted molar refractivity (Wildman–Crippen MR) is 49.1 cm³/mol. The molecule has 0 aliphatic heterocycles. The summed E-state index contributed by atoms with van der Waals surface area (Å²) in [5, 5.41) is 7.97. The van der Waals surface area contributed by atoms with E-state index in [0.717, 1.165) is 18.8 Å². The topological polar surface area (TPSA) is 33.0 Å². The van der Waals surface area contributed by atoms with Crippen molar-refractivity contribution in [3.8, 4) is 6.07 Å². The van der Waals surface area contributed by atoms with Crippen LogP contribution in [0.2, 0.25) is 0 Å². The number of methoxy groups -OCH3 is 1. The molecule has 4 heteroatoms. The molecule has 0 N–H and O–H groups in total. The summed E-state index contributed by atoms with van der Waals surface area (Å²) in [6, 6.07) is 1.97. The van der Waals surface area contributed by atoms with Crippen molar-refractivity contribution in [2.24, 2.45) is 0 Å². The minimum absolute atomic E-state index is 0.345. The average molecular weight is 194 g/mol. The Labute approximate surface area is 76.9 Å². The molecule has 0 radical (unpaired) electrons. The SMILES string of the molecule is COCCCSCC(Cl)C#N. The number of halogens is 1. The lowest BCUT2D eigenvalue weighted by Crippen LogP contribution is -1.99.